The predicted molar refractivity (Wildman–Crippen MR) is 38.8 cm³/mol. The van der Waals surface area contributed by atoms with Gasteiger partial charge in [-0.1, -0.05) is 0 Å². The quantitative estimate of drug-likeness (QED) is 0.618. The molecule has 5 nitrogen and oxygen atoms in total. The van der Waals surface area contributed by atoms with Gasteiger partial charge in [0.15, 0.2) is 0 Å². The zero-order chi connectivity index (χ0) is 8.69. The summed E-state index contributed by atoms with van der Waals surface area (Å²) in [4.78, 5) is 9.93. The van der Waals surface area contributed by atoms with Crippen LogP contribution in [-0.2, 0) is 18.4 Å². The van der Waals surface area contributed by atoms with E-state index in [9.17, 15) is 9.36 Å². The number of aliphatic carboxylic acids is 1. The van der Waals surface area contributed by atoms with Crippen LogP contribution in [0.5, 0.6) is 0 Å². The van der Waals surface area contributed by atoms with E-state index in [2.05, 4.69) is 9.05 Å². The monoisotopic (exact) mass is 182 g/mol. The average Bonchev–Trinajstić information content (AvgIpc) is 1.87. The first-order chi connectivity index (χ1) is 5.16. The maximum Gasteiger partial charge on any atom is 0.319 e. The molecular weight excluding hydrogens is 171 g/mol. The highest BCUT2D eigenvalue weighted by atomic mass is 31.1. The number of hydrogen-bond donors (Lipinski definition) is 1. The third kappa shape index (κ3) is 7.52. The van der Waals surface area contributed by atoms with E-state index in [1.54, 1.807) is 6.92 Å². The second kappa shape index (κ2) is 6.34. The molecule has 0 saturated carbocycles. The van der Waals surface area contributed by atoms with Crippen molar-refractivity contribution in [2.45, 2.75) is 13.3 Å². The molecule has 0 radical (unpaired) electrons. The van der Waals surface area contributed by atoms with Crippen molar-refractivity contribution in [2.24, 2.45) is 0 Å². The third-order valence-corrected chi connectivity index (χ3v) is 1.76. The van der Waals surface area contributed by atoms with Crippen LogP contribution in [0.2, 0.25) is 0 Å². The van der Waals surface area contributed by atoms with Crippen molar-refractivity contribution in [1.29, 1.82) is 0 Å². The highest BCUT2D eigenvalue weighted by Crippen LogP contribution is 2.22. The minimum absolute atomic E-state index is 0.0624. The van der Waals surface area contributed by atoms with Crippen molar-refractivity contribution >= 4 is 14.2 Å². The Morgan fingerprint density at radius 2 is 2.18 bits per heavy atom. The van der Waals surface area contributed by atoms with Gasteiger partial charge < -0.3 is 14.2 Å². The first-order valence-electron chi connectivity index (χ1n) is 3.18. The molecule has 66 valence electrons. The van der Waals surface area contributed by atoms with Crippen molar-refractivity contribution in [1.82, 2.24) is 0 Å². The van der Waals surface area contributed by atoms with Gasteiger partial charge in [-0.25, -0.2) is 0 Å². The summed E-state index contributed by atoms with van der Waals surface area (Å²) in [5.74, 6) is -0.976. The summed E-state index contributed by atoms with van der Waals surface area (Å²) in [7, 11) is -2.45. The molecule has 0 aliphatic rings. The van der Waals surface area contributed by atoms with Crippen LogP contribution in [0.25, 0.3) is 0 Å². The number of carboxylic acid groups (broad SMARTS) is 1. The molecule has 0 aliphatic heterocycles. The summed E-state index contributed by atoms with van der Waals surface area (Å²) < 4.78 is 19.7. The zero-order valence-electron chi connectivity index (χ0n) is 6.20. The van der Waals surface area contributed by atoms with E-state index in [4.69, 9.17) is 5.11 Å². The highest BCUT2D eigenvalue weighted by Gasteiger charge is 2.00. The predicted octanol–water partition coefficient (Wildman–Crippen LogP) is 0.904. The Morgan fingerprint density at radius 3 is 2.64 bits per heavy atom. The molecule has 0 heterocycles. The van der Waals surface area contributed by atoms with Gasteiger partial charge in [-0.15, -0.1) is 0 Å². The first-order valence-corrected chi connectivity index (χ1v) is 4.40. The molecule has 0 fully saturated rings. The van der Waals surface area contributed by atoms with Crippen molar-refractivity contribution in [2.75, 3.05) is 13.2 Å². The summed E-state index contributed by atoms with van der Waals surface area (Å²) in [6, 6.07) is 0. The summed E-state index contributed by atoms with van der Waals surface area (Å²) in [5.41, 5.74) is 0. The Balaban J connectivity index is 3.24. The van der Waals surface area contributed by atoms with Gasteiger partial charge in [0.2, 0.25) is 0 Å². The van der Waals surface area contributed by atoms with E-state index in [-0.39, 0.29) is 13.0 Å². The largest absolute Gasteiger partial charge is 0.481 e. The van der Waals surface area contributed by atoms with Crippen LogP contribution in [0.4, 0.5) is 0 Å². The Bertz CT molecular complexity index is 146. The maximum atomic E-state index is 10.6. The molecule has 0 aliphatic carbocycles. The van der Waals surface area contributed by atoms with Gasteiger partial charge >= 0.3 is 14.2 Å². The van der Waals surface area contributed by atoms with Crippen LogP contribution in [0.15, 0.2) is 0 Å². The normalized spacial score (nSPS) is 12.8. The lowest BCUT2D eigenvalue weighted by molar-refractivity contribution is -0.137. The molecular formula is C5H11O5P. The van der Waals surface area contributed by atoms with Crippen molar-refractivity contribution in [3.05, 3.63) is 0 Å². The lowest BCUT2D eigenvalue weighted by atomic mass is 10.5. The lowest BCUT2D eigenvalue weighted by Gasteiger charge is -2.00. The van der Waals surface area contributed by atoms with Gasteiger partial charge in [-0.2, -0.15) is 0 Å². The number of hydrogen-bond acceptors (Lipinski definition) is 4. The van der Waals surface area contributed by atoms with Crippen LogP contribution in [0.3, 0.4) is 0 Å². The second-order valence-electron chi connectivity index (χ2n) is 1.68. The number of rotatable bonds is 6. The minimum atomic E-state index is -2.45. The summed E-state index contributed by atoms with van der Waals surface area (Å²) >= 11 is 0. The molecule has 0 aromatic carbocycles. The smallest absolute Gasteiger partial charge is 0.319 e. The molecule has 0 spiro atoms. The fourth-order valence-corrected chi connectivity index (χ4v) is 0.969. The molecule has 0 rings (SSSR count). The van der Waals surface area contributed by atoms with E-state index in [1.165, 1.54) is 0 Å². The minimum Gasteiger partial charge on any atom is -0.481 e. The zero-order valence-corrected chi connectivity index (χ0v) is 7.20. The Labute approximate surface area is 65.3 Å². The topological polar surface area (TPSA) is 72.8 Å². The standard InChI is InChI=1S/C5H11O5P/c1-2-9-11(8)10-4-3-5(6)7/h11H,2-4H2,1H3,(H,6,7). The molecule has 0 saturated heterocycles. The van der Waals surface area contributed by atoms with Crippen LogP contribution >= 0.6 is 8.25 Å². The molecule has 6 heteroatoms. The number of carboxylic acids is 1. The van der Waals surface area contributed by atoms with Crippen LogP contribution in [0, 0.1) is 0 Å². The van der Waals surface area contributed by atoms with E-state index in [0.717, 1.165) is 0 Å². The van der Waals surface area contributed by atoms with Crippen molar-refractivity contribution < 1.29 is 23.5 Å². The molecule has 0 bridgehead atoms. The number of carbonyl (C=O) groups is 1. The Kier molecular flexibility index (Phi) is 6.12. The molecule has 1 atom stereocenters. The van der Waals surface area contributed by atoms with Crippen LogP contribution < -0.4 is 0 Å². The first kappa shape index (κ1) is 10.6. The lowest BCUT2D eigenvalue weighted by Crippen LogP contribution is -1.99. The maximum absolute atomic E-state index is 10.6. The van der Waals surface area contributed by atoms with Gasteiger partial charge in [0, 0.05) is 0 Å². The molecule has 0 amide bonds. The van der Waals surface area contributed by atoms with Gasteiger partial charge in [0.25, 0.3) is 0 Å². The summed E-state index contributed by atoms with van der Waals surface area (Å²) in [6.07, 6.45) is -0.149. The Morgan fingerprint density at radius 1 is 1.55 bits per heavy atom. The molecule has 1 N–H and O–H groups in total. The van der Waals surface area contributed by atoms with Gasteiger partial charge in [-0.05, 0) is 6.92 Å². The Hall–Kier alpha value is -0.380. The molecule has 0 aromatic rings. The van der Waals surface area contributed by atoms with Crippen LogP contribution in [0.1, 0.15) is 13.3 Å². The fourth-order valence-electron chi connectivity index (χ4n) is 0.381. The van der Waals surface area contributed by atoms with E-state index >= 15 is 0 Å². The van der Waals surface area contributed by atoms with Gasteiger partial charge in [0.1, 0.15) is 0 Å². The van der Waals surface area contributed by atoms with Gasteiger partial charge in [-0.3, -0.25) is 9.36 Å². The highest BCUT2D eigenvalue weighted by molar-refractivity contribution is 7.33. The molecule has 1 unspecified atom stereocenters. The summed E-state index contributed by atoms with van der Waals surface area (Å²) in [6.45, 7) is 1.93. The van der Waals surface area contributed by atoms with E-state index in [0.29, 0.717) is 6.61 Å². The van der Waals surface area contributed by atoms with Gasteiger partial charge in [0.05, 0.1) is 19.6 Å². The fraction of sp³-hybridized carbons (Fsp3) is 0.800. The van der Waals surface area contributed by atoms with Crippen molar-refractivity contribution in [3.8, 4) is 0 Å². The SMILES string of the molecule is CCO[PH](=O)OCCC(=O)O. The molecule has 0 aromatic heterocycles. The van der Waals surface area contributed by atoms with E-state index in [1.807, 2.05) is 0 Å². The second-order valence-corrected chi connectivity index (χ2v) is 2.75. The van der Waals surface area contributed by atoms with Crippen molar-refractivity contribution in [3.63, 3.8) is 0 Å². The van der Waals surface area contributed by atoms with Crippen LogP contribution in [-0.4, -0.2) is 24.3 Å². The summed E-state index contributed by atoms with van der Waals surface area (Å²) in [5, 5.41) is 8.14. The van der Waals surface area contributed by atoms with E-state index < -0.39 is 14.2 Å². The molecule has 11 heavy (non-hydrogen) atoms. The average molecular weight is 182 g/mol. The third-order valence-electron chi connectivity index (χ3n) is 0.798.